The maximum atomic E-state index is 5.15. The lowest BCUT2D eigenvalue weighted by molar-refractivity contribution is 0.370. The molecular formula is C13H16O. The van der Waals surface area contributed by atoms with Crippen molar-refractivity contribution in [3.05, 3.63) is 73.8 Å². The van der Waals surface area contributed by atoms with Gasteiger partial charge in [0, 0.05) is 0 Å². The van der Waals surface area contributed by atoms with Crippen molar-refractivity contribution in [1.82, 2.24) is 0 Å². The van der Waals surface area contributed by atoms with E-state index in [0.29, 0.717) is 5.76 Å². The third kappa shape index (κ3) is 8.34. The van der Waals surface area contributed by atoms with Crippen LogP contribution < -0.4 is 0 Å². The molecule has 0 N–H and O–H groups in total. The monoisotopic (exact) mass is 188 g/mol. The lowest BCUT2D eigenvalue weighted by Gasteiger charge is -1.96. The van der Waals surface area contributed by atoms with Gasteiger partial charge in [0.1, 0.15) is 5.76 Å². The van der Waals surface area contributed by atoms with Crippen LogP contribution in [0.1, 0.15) is 6.92 Å². The van der Waals surface area contributed by atoms with Crippen LogP contribution in [0.15, 0.2) is 73.8 Å². The van der Waals surface area contributed by atoms with Crippen LogP contribution in [0.25, 0.3) is 0 Å². The molecule has 0 radical (unpaired) electrons. The van der Waals surface area contributed by atoms with Gasteiger partial charge in [0.05, 0.1) is 6.26 Å². The minimum atomic E-state index is 0.580. The van der Waals surface area contributed by atoms with Crippen molar-refractivity contribution in [3.63, 3.8) is 0 Å². The Kier molecular flexibility index (Phi) is 6.88. The second kappa shape index (κ2) is 7.87. The third-order valence-corrected chi connectivity index (χ3v) is 1.21. The molecule has 0 atom stereocenters. The van der Waals surface area contributed by atoms with E-state index < -0.39 is 0 Å². The molecule has 0 unspecified atom stereocenters. The molecule has 0 rings (SSSR count). The predicted molar refractivity (Wildman–Crippen MR) is 62.7 cm³/mol. The molecule has 14 heavy (non-hydrogen) atoms. The number of rotatable bonds is 6. The summed E-state index contributed by atoms with van der Waals surface area (Å²) in [5.74, 6) is 0.580. The van der Waals surface area contributed by atoms with Gasteiger partial charge in [-0.05, 0) is 19.1 Å². The fourth-order valence-corrected chi connectivity index (χ4v) is 0.589. The molecule has 0 saturated heterocycles. The second-order valence-electron chi connectivity index (χ2n) is 2.71. The SMILES string of the molecule is C=C/C=C\C=C\OC(=C)/C=C\C(=C)C. The Labute approximate surface area is 86.1 Å². The van der Waals surface area contributed by atoms with Gasteiger partial charge in [0.2, 0.25) is 0 Å². The van der Waals surface area contributed by atoms with Gasteiger partial charge in [-0.15, -0.1) is 0 Å². The molecular weight excluding hydrogens is 172 g/mol. The van der Waals surface area contributed by atoms with E-state index in [4.69, 9.17) is 4.74 Å². The molecule has 0 aromatic heterocycles. The summed E-state index contributed by atoms with van der Waals surface area (Å²) in [5, 5.41) is 0. The number of allylic oxidation sites excluding steroid dienone is 7. The molecule has 0 aliphatic rings. The molecule has 0 fully saturated rings. The zero-order chi connectivity index (χ0) is 10.8. The van der Waals surface area contributed by atoms with Gasteiger partial charge in [-0.2, -0.15) is 0 Å². The van der Waals surface area contributed by atoms with Crippen molar-refractivity contribution < 1.29 is 4.74 Å². The third-order valence-electron chi connectivity index (χ3n) is 1.21. The van der Waals surface area contributed by atoms with Crippen molar-refractivity contribution in [2.24, 2.45) is 0 Å². The zero-order valence-corrected chi connectivity index (χ0v) is 8.57. The summed E-state index contributed by atoms with van der Waals surface area (Å²) < 4.78 is 5.15. The Bertz CT molecular complexity index is 290. The van der Waals surface area contributed by atoms with E-state index in [9.17, 15) is 0 Å². The Morgan fingerprint density at radius 2 is 1.79 bits per heavy atom. The van der Waals surface area contributed by atoms with Crippen molar-refractivity contribution in [2.45, 2.75) is 6.92 Å². The molecule has 0 aliphatic carbocycles. The normalized spacial score (nSPS) is 11.2. The van der Waals surface area contributed by atoms with E-state index in [0.717, 1.165) is 5.57 Å². The van der Waals surface area contributed by atoms with Gasteiger partial charge < -0.3 is 4.74 Å². The average molecular weight is 188 g/mol. The van der Waals surface area contributed by atoms with Gasteiger partial charge >= 0.3 is 0 Å². The van der Waals surface area contributed by atoms with Gasteiger partial charge in [0.25, 0.3) is 0 Å². The van der Waals surface area contributed by atoms with Crippen LogP contribution in [-0.2, 0) is 4.74 Å². The van der Waals surface area contributed by atoms with Gasteiger partial charge in [-0.3, -0.25) is 0 Å². The van der Waals surface area contributed by atoms with E-state index in [1.807, 2.05) is 25.2 Å². The van der Waals surface area contributed by atoms with Crippen molar-refractivity contribution in [2.75, 3.05) is 0 Å². The van der Waals surface area contributed by atoms with E-state index >= 15 is 0 Å². The smallest absolute Gasteiger partial charge is 0.119 e. The van der Waals surface area contributed by atoms with E-state index in [1.54, 1.807) is 24.5 Å². The standard InChI is InChI=1S/C13H16O/c1-5-6-7-8-11-14-13(4)10-9-12(2)3/h5-11H,1-2,4H2,3H3/b7-6-,10-9-,11-8+. The molecule has 0 aromatic rings. The van der Waals surface area contributed by atoms with Crippen LogP contribution in [0.4, 0.5) is 0 Å². The Morgan fingerprint density at radius 3 is 2.36 bits per heavy atom. The number of hydrogen-bond donors (Lipinski definition) is 0. The first-order valence-electron chi connectivity index (χ1n) is 4.30. The highest BCUT2D eigenvalue weighted by Gasteiger charge is 1.82. The molecule has 0 heterocycles. The molecule has 0 aliphatic heterocycles. The zero-order valence-electron chi connectivity index (χ0n) is 8.57. The van der Waals surface area contributed by atoms with Gasteiger partial charge in [0.15, 0.2) is 0 Å². The Morgan fingerprint density at radius 1 is 1.07 bits per heavy atom. The largest absolute Gasteiger partial charge is 0.466 e. The summed E-state index contributed by atoms with van der Waals surface area (Å²) in [6.45, 7) is 12.9. The molecule has 74 valence electrons. The summed E-state index contributed by atoms with van der Waals surface area (Å²) in [6, 6.07) is 0. The minimum absolute atomic E-state index is 0.580. The quantitative estimate of drug-likeness (QED) is 0.453. The van der Waals surface area contributed by atoms with E-state index in [-0.39, 0.29) is 0 Å². The molecule has 1 heteroatoms. The van der Waals surface area contributed by atoms with Crippen LogP contribution in [0.2, 0.25) is 0 Å². The predicted octanol–water partition coefficient (Wildman–Crippen LogP) is 3.90. The highest BCUT2D eigenvalue weighted by Crippen LogP contribution is 1.99. The lowest BCUT2D eigenvalue weighted by atomic mass is 10.3. The van der Waals surface area contributed by atoms with Crippen LogP contribution in [-0.4, -0.2) is 0 Å². The molecule has 0 bridgehead atoms. The fourth-order valence-electron chi connectivity index (χ4n) is 0.589. The number of hydrogen-bond acceptors (Lipinski definition) is 1. The topological polar surface area (TPSA) is 9.23 Å². The van der Waals surface area contributed by atoms with Gasteiger partial charge in [-0.25, -0.2) is 0 Å². The van der Waals surface area contributed by atoms with Crippen molar-refractivity contribution in [1.29, 1.82) is 0 Å². The molecule has 0 aromatic carbocycles. The van der Waals surface area contributed by atoms with Crippen LogP contribution in [0.3, 0.4) is 0 Å². The fraction of sp³-hybridized carbons (Fsp3) is 0.0769. The second-order valence-corrected chi connectivity index (χ2v) is 2.71. The highest BCUT2D eigenvalue weighted by atomic mass is 16.5. The first kappa shape index (κ1) is 12.2. The number of ether oxygens (including phenoxy) is 1. The molecule has 0 amide bonds. The summed E-state index contributed by atoms with van der Waals surface area (Å²) in [5.41, 5.74) is 0.963. The first-order valence-corrected chi connectivity index (χ1v) is 4.30. The van der Waals surface area contributed by atoms with E-state index in [1.165, 1.54) is 0 Å². The van der Waals surface area contributed by atoms with Crippen LogP contribution >= 0.6 is 0 Å². The van der Waals surface area contributed by atoms with Gasteiger partial charge in [-0.1, -0.05) is 49.6 Å². The average Bonchev–Trinajstić information content (AvgIpc) is 2.14. The molecule has 0 saturated carbocycles. The summed E-state index contributed by atoms with van der Waals surface area (Å²) in [7, 11) is 0. The molecule has 0 spiro atoms. The minimum Gasteiger partial charge on any atom is -0.466 e. The Hall–Kier alpha value is -1.76. The van der Waals surface area contributed by atoms with Crippen LogP contribution in [0.5, 0.6) is 0 Å². The maximum Gasteiger partial charge on any atom is 0.119 e. The lowest BCUT2D eigenvalue weighted by Crippen LogP contribution is -1.76. The Balaban J connectivity index is 3.85. The summed E-state index contributed by atoms with van der Waals surface area (Å²) >= 11 is 0. The first-order chi connectivity index (χ1) is 6.66. The maximum absolute atomic E-state index is 5.15. The summed E-state index contributed by atoms with van der Waals surface area (Å²) in [6.07, 6.45) is 12.3. The summed E-state index contributed by atoms with van der Waals surface area (Å²) in [4.78, 5) is 0. The van der Waals surface area contributed by atoms with Crippen molar-refractivity contribution >= 4 is 0 Å². The highest BCUT2D eigenvalue weighted by molar-refractivity contribution is 5.20. The molecule has 1 nitrogen and oxygen atoms in total. The van der Waals surface area contributed by atoms with Crippen LogP contribution in [0, 0.1) is 0 Å². The van der Waals surface area contributed by atoms with Crippen molar-refractivity contribution in [3.8, 4) is 0 Å². The van der Waals surface area contributed by atoms with E-state index in [2.05, 4.69) is 19.7 Å².